The molecule has 0 radical (unpaired) electrons. The minimum Gasteiger partial charge on any atom is -0.456 e. The van der Waals surface area contributed by atoms with Gasteiger partial charge >= 0.3 is 0 Å². The molecule has 2 aromatic heterocycles. The van der Waals surface area contributed by atoms with Gasteiger partial charge in [0.2, 0.25) is 0 Å². The molecule has 1 saturated carbocycles. The molecule has 0 spiro atoms. The maximum absolute atomic E-state index is 6.52. The molecular formula is C66H62BN3OS. The van der Waals surface area contributed by atoms with Gasteiger partial charge in [-0.15, -0.1) is 11.3 Å². The van der Waals surface area contributed by atoms with Gasteiger partial charge < -0.3 is 19.1 Å². The second-order valence-electron chi connectivity index (χ2n) is 24.2. The molecule has 0 bridgehead atoms. The lowest BCUT2D eigenvalue weighted by Crippen LogP contribution is -2.62. The molecule has 4 aliphatic rings. The fraction of sp³-hybridized carbons (Fsp3) is 0.273. The molecule has 5 heterocycles. The van der Waals surface area contributed by atoms with Crippen LogP contribution in [-0.2, 0) is 16.2 Å². The van der Waals surface area contributed by atoms with Crippen LogP contribution in [0.3, 0.4) is 0 Å². The number of rotatable bonds is 3. The minimum atomic E-state index is -0.145. The first-order valence-electron chi connectivity index (χ1n) is 26.3. The van der Waals surface area contributed by atoms with E-state index in [1.54, 1.807) is 0 Å². The van der Waals surface area contributed by atoms with Crippen LogP contribution in [0.25, 0.3) is 42.1 Å². The maximum atomic E-state index is 6.52. The molecule has 3 aliphatic heterocycles. The van der Waals surface area contributed by atoms with Crippen LogP contribution >= 0.6 is 11.3 Å². The number of para-hydroxylation sites is 1. The highest BCUT2D eigenvalue weighted by Crippen LogP contribution is 2.63. The largest absolute Gasteiger partial charge is 0.456 e. The zero-order chi connectivity index (χ0) is 49.4. The van der Waals surface area contributed by atoms with Gasteiger partial charge in [-0.25, -0.2) is 0 Å². The monoisotopic (exact) mass is 955 g/mol. The first-order valence-corrected chi connectivity index (χ1v) is 27.1. The molecule has 0 amide bonds. The second kappa shape index (κ2) is 14.9. The van der Waals surface area contributed by atoms with Crippen molar-refractivity contribution in [3.05, 3.63) is 173 Å². The number of hydrogen-bond donors (Lipinski definition) is 0. The van der Waals surface area contributed by atoms with Crippen molar-refractivity contribution in [2.24, 2.45) is 0 Å². The number of benzene rings is 8. The lowest BCUT2D eigenvalue weighted by atomic mass is 9.33. The van der Waals surface area contributed by atoms with Crippen LogP contribution in [0.2, 0.25) is 0 Å². The molecule has 10 aromatic rings. The highest BCUT2D eigenvalue weighted by molar-refractivity contribution is 7.25. The summed E-state index contributed by atoms with van der Waals surface area (Å²) in [6, 6.07) is 56.5. The molecule has 0 N–H and O–H groups in total. The van der Waals surface area contributed by atoms with Gasteiger partial charge in [0.25, 0.3) is 6.71 Å². The standard InChI is InChI=1S/C66H62BN3OS/c1-39-31-40(2)61-54(32-39)70(66(10)30-16-15-29-65(61,66)9)45-37-55-62-56(38-45)69(44-24-28-60-49(36-44)47-18-12-14-20-59(47)72-60)53-26-22-42(64(6,7)8)34-51(53)67(62)50-33-41(63(3,4)5)21-25-52(50)68(55)43-23-27-58-48(35-43)46-17-11-13-19-57(46)71-58/h11-14,17-28,31-38H,15-16,29-30H2,1-10H3. The Morgan fingerprint density at radius 2 is 1.10 bits per heavy atom. The lowest BCUT2D eigenvalue weighted by Gasteiger charge is -2.51. The predicted molar refractivity (Wildman–Crippen MR) is 310 cm³/mol. The van der Waals surface area contributed by atoms with Crippen molar-refractivity contribution >= 4 is 122 Å². The number of anilines is 8. The summed E-state index contributed by atoms with van der Waals surface area (Å²) in [6.45, 7) is 23.9. The molecule has 356 valence electrons. The Morgan fingerprint density at radius 3 is 1.78 bits per heavy atom. The second-order valence-corrected chi connectivity index (χ2v) is 25.3. The summed E-state index contributed by atoms with van der Waals surface area (Å²) in [4.78, 5) is 8.09. The number of fused-ring (bicyclic) bond motifs is 13. The molecule has 0 saturated heterocycles. The van der Waals surface area contributed by atoms with Crippen LogP contribution in [0.1, 0.15) is 109 Å². The van der Waals surface area contributed by atoms with E-state index in [4.69, 9.17) is 4.42 Å². The van der Waals surface area contributed by atoms with E-state index < -0.39 is 0 Å². The van der Waals surface area contributed by atoms with Gasteiger partial charge in [0.15, 0.2) is 0 Å². The molecule has 72 heavy (non-hydrogen) atoms. The Hall–Kier alpha value is -6.76. The molecule has 2 atom stereocenters. The summed E-state index contributed by atoms with van der Waals surface area (Å²) < 4.78 is 9.16. The van der Waals surface area contributed by atoms with Crippen molar-refractivity contribution in [3.63, 3.8) is 0 Å². The van der Waals surface area contributed by atoms with E-state index in [1.165, 1.54) is 123 Å². The predicted octanol–water partition coefficient (Wildman–Crippen LogP) is 17.0. The lowest BCUT2D eigenvalue weighted by molar-refractivity contribution is 0.194. The van der Waals surface area contributed by atoms with E-state index in [2.05, 4.69) is 230 Å². The smallest absolute Gasteiger partial charge is 0.252 e. The summed E-state index contributed by atoms with van der Waals surface area (Å²) in [7, 11) is 0. The zero-order valence-corrected chi connectivity index (χ0v) is 44.2. The summed E-state index contributed by atoms with van der Waals surface area (Å²) in [5, 5.41) is 4.89. The van der Waals surface area contributed by atoms with Crippen LogP contribution < -0.4 is 31.1 Å². The average Bonchev–Trinajstić information content (AvgIpc) is 3.98. The summed E-state index contributed by atoms with van der Waals surface area (Å²) in [5.41, 5.74) is 22.4. The molecule has 4 nitrogen and oxygen atoms in total. The number of hydrogen-bond acceptors (Lipinski definition) is 5. The summed E-state index contributed by atoms with van der Waals surface area (Å²) in [5.74, 6) is 0. The van der Waals surface area contributed by atoms with Crippen LogP contribution in [-0.4, -0.2) is 12.3 Å². The van der Waals surface area contributed by atoms with Crippen molar-refractivity contribution in [1.29, 1.82) is 0 Å². The van der Waals surface area contributed by atoms with Crippen molar-refractivity contribution in [1.82, 2.24) is 0 Å². The Labute approximate surface area is 429 Å². The van der Waals surface area contributed by atoms with Crippen molar-refractivity contribution in [2.45, 2.75) is 117 Å². The Bertz CT molecular complexity index is 3750. The van der Waals surface area contributed by atoms with E-state index in [1.807, 2.05) is 11.3 Å². The SMILES string of the molecule is Cc1cc(C)c2c(c1)N(c1cc3c4c(c1)N(c1ccc5sc6ccccc6c5c1)c1ccc(C(C)(C)C)cc1B4c1cc(C(C)(C)C)ccc1N3c1ccc3oc4ccccc4c3c1)C1(C)CCCCC21C. The van der Waals surface area contributed by atoms with Crippen LogP contribution in [0.4, 0.5) is 45.5 Å². The minimum absolute atomic E-state index is 0.0161. The first-order chi connectivity index (χ1) is 34.5. The molecular weight excluding hydrogens is 894 g/mol. The molecule has 8 aromatic carbocycles. The Kier molecular flexibility index (Phi) is 9.11. The van der Waals surface area contributed by atoms with Crippen LogP contribution in [0.5, 0.6) is 0 Å². The van der Waals surface area contributed by atoms with E-state index in [9.17, 15) is 0 Å². The van der Waals surface area contributed by atoms with Gasteiger partial charge in [0.05, 0.1) is 5.54 Å². The van der Waals surface area contributed by atoms with E-state index in [0.29, 0.717) is 0 Å². The van der Waals surface area contributed by atoms with Gasteiger partial charge in [-0.3, -0.25) is 0 Å². The van der Waals surface area contributed by atoms with Gasteiger partial charge in [-0.2, -0.15) is 0 Å². The van der Waals surface area contributed by atoms with Gasteiger partial charge in [-0.05, 0) is 168 Å². The van der Waals surface area contributed by atoms with Gasteiger partial charge in [-0.1, -0.05) is 128 Å². The maximum Gasteiger partial charge on any atom is 0.252 e. The zero-order valence-electron chi connectivity index (χ0n) is 43.4. The Morgan fingerprint density at radius 1 is 0.514 bits per heavy atom. The van der Waals surface area contributed by atoms with Gasteiger partial charge in [0.1, 0.15) is 11.2 Å². The average molecular weight is 956 g/mol. The number of thiophene rings is 1. The number of furan rings is 1. The normalized spacial score (nSPS) is 19.3. The third-order valence-electron chi connectivity index (χ3n) is 17.8. The third-order valence-corrected chi connectivity index (χ3v) is 19.0. The van der Waals surface area contributed by atoms with E-state index in [-0.39, 0.29) is 28.5 Å². The number of aryl methyl sites for hydroxylation is 2. The van der Waals surface area contributed by atoms with Crippen molar-refractivity contribution in [3.8, 4) is 0 Å². The molecule has 1 fully saturated rings. The summed E-state index contributed by atoms with van der Waals surface area (Å²) in [6.07, 6.45) is 4.77. The molecule has 14 rings (SSSR count). The Balaban J connectivity index is 1.13. The molecule has 1 aliphatic carbocycles. The molecule has 6 heteroatoms. The van der Waals surface area contributed by atoms with Gasteiger partial charge in [0, 0.05) is 81.9 Å². The topological polar surface area (TPSA) is 22.9 Å². The highest BCUT2D eigenvalue weighted by atomic mass is 32.1. The fourth-order valence-electron chi connectivity index (χ4n) is 14.1. The third kappa shape index (κ3) is 6.05. The summed E-state index contributed by atoms with van der Waals surface area (Å²) >= 11 is 1.89. The van der Waals surface area contributed by atoms with Crippen molar-refractivity contribution < 1.29 is 4.42 Å². The first kappa shape index (κ1) is 44.0. The van der Waals surface area contributed by atoms with Crippen molar-refractivity contribution in [2.75, 3.05) is 14.7 Å². The number of nitrogens with zero attached hydrogens (tertiary/aromatic N) is 3. The van der Waals surface area contributed by atoms with E-state index in [0.717, 1.165) is 34.0 Å². The fourth-order valence-corrected chi connectivity index (χ4v) is 15.2. The highest BCUT2D eigenvalue weighted by Gasteiger charge is 2.59. The van der Waals surface area contributed by atoms with Crippen LogP contribution in [0.15, 0.2) is 150 Å². The van der Waals surface area contributed by atoms with E-state index >= 15 is 0 Å². The molecule has 2 unspecified atom stereocenters. The quantitative estimate of drug-likeness (QED) is 0.165. The van der Waals surface area contributed by atoms with Crippen LogP contribution in [0, 0.1) is 13.8 Å².